The molecule has 26 heavy (non-hydrogen) atoms. The molecule has 0 saturated carbocycles. The van der Waals surface area contributed by atoms with Gasteiger partial charge in [-0.05, 0) is 24.4 Å². The second-order valence-corrected chi connectivity index (χ2v) is 6.90. The van der Waals surface area contributed by atoms with E-state index in [1.807, 2.05) is 28.7 Å². The van der Waals surface area contributed by atoms with Gasteiger partial charge in [-0.3, -0.25) is 23.6 Å². The molecule has 1 saturated heterocycles. The van der Waals surface area contributed by atoms with Crippen molar-refractivity contribution >= 4 is 28.9 Å². The molecule has 0 radical (unpaired) electrons. The molecule has 0 atom stereocenters. The second-order valence-electron chi connectivity index (χ2n) is 6.54. The highest BCUT2D eigenvalue weighted by molar-refractivity contribution is 7.71. The van der Waals surface area contributed by atoms with Crippen LogP contribution in [0.5, 0.6) is 0 Å². The Morgan fingerprint density at radius 1 is 1.19 bits per heavy atom. The zero-order valence-electron chi connectivity index (χ0n) is 14.6. The van der Waals surface area contributed by atoms with Crippen LogP contribution in [0.15, 0.2) is 29.1 Å². The monoisotopic (exact) mass is 368 g/mol. The van der Waals surface area contributed by atoms with Crippen LogP contribution in [0, 0.1) is 17.1 Å². The normalized spacial score (nSPS) is 16.3. The summed E-state index contributed by atoms with van der Waals surface area (Å²) in [4.78, 5) is 17.1. The van der Waals surface area contributed by atoms with Gasteiger partial charge < -0.3 is 0 Å². The molecule has 1 aromatic carbocycles. The molecule has 0 unspecified atom stereocenters. The van der Waals surface area contributed by atoms with Crippen molar-refractivity contribution in [3.8, 4) is 12.3 Å². The van der Waals surface area contributed by atoms with Gasteiger partial charge in [0.15, 0.2) is 0 Å². The fraction of sp³-hybridized carbons (Fsp3) is 0.389. The van der Waals surface area contributed by atoms with Gasteiger partial charge in [0, 0.05) is 33.2 Å². The number of benzene rings is 1. The number of hydrogen-bond donors (Lipinski definition) is 0. The minimum Gasteiger partial charge on any atom is -0.290 e. The predicted octanol–water partition coefficient (Wildman–Crippen LogP) is 0.925. The quantitative estimate of drug-likeness (QED) is 0.508. The van der Waals surface area contributed by atoms with Crippen molar-refractivity contribution in [1.82, 2.24) is 28.5 Å². The number of rotatable bonds is 3. The van der Waals surface area contributed by atoms with Gasteiger partial charge in [0.25, 0.3) is 5.56 Å². The van der Waals surface area contributed by atoms with Crippen LogP contribution in [0.1, 0.15) is 0 Å². The first-order chi connectivity index (χ1) is 12.6. The van der Waals surface area contributed by atoms with Gasteiger partial charge in [-0.15, -0.1) is 11.5 Å². The number of piperazine rings is 1. The lowest BCUT2D eigenvalue weighted by Crippen LogP contribution is -2.46. The third-order valence-corrected chi connectivity index (χ3v) is 5.31. The Morgan fingerprint density at radius 2 is 1.88 bits per heavy atom. The molecule has 0 spiro atoms. The van der Waals surface area contributed by atoms with Gasteiger partial charge >= 0.3 is 0 Å². The minimum atomic E-state index is -0.0665. The van der Waals surface area contributed by atoms with Crippen molar-refractivity contribution in [1.29, 1.82) is 0 Å². The molecule has 0 N–H and O–H groups in total. The Labute approximate surface area is 156 Å². The summed E-state index contributed by atoms with van der Waals surface area (Å²) in [5.41, 5.74) is 0.726. The van der Waals surface area contributed by atoms with Gasteiger partial charge in [0.2, 0.25) is 10.5 Å². The van der Waals surface area contributed by atoms with E-state index in [1.165, 1.54) is 0 Å². The van der Waals surface area contributed by atoms with Crippen LogP contribution in [0.4, 0.5) is 0 Å². The highest BCUT2D eigenvalue weighted by Gasteiger charge is 2.19. The molecular formula is C18H20N6OS. The van der Waals surface area contributed by atoms with Gasteiger partial charge in [-0.1, -0.05) is 18.1 Å². The lowest BCUT2D eigenvalue weighted by atomic mass is 10.2. The zero-order chi connectivity index (χ0) is 18.3. The first-order valence-electron chi connectivity index (χ1n) is 8.55. The minimum absolute atomic E-state index is 0.0665. The second kappa shape index (κ2) is 6.68. The van der Waals surface area contributed by atoms with E-state index in [0.717, 1.165) is 31.7 Å². The molecule has 134 valence electrons. The van der Waals surface area contributed by atoms with E-state index in [-0.39, 0.29) is 5.56 Å². The van der Waals surface area contributed by atoms with Crippen molar-refractivity contribution in [2.45, 2.75) is 6.67 Å². The Morgan fingerprint density at radius 3 is 2.62 bits per heavy atom. The summed E-state index contributed by atoms with van der Waals surface area (Å²) in [6, 6.07) is 7.50. The summed E-state index contributed by atoms with van der Waals surface area (Å²) in [6.45, 7) is 5.00. The predicted molar refractivity (Wildman–Crippen MR) is 104 cm³/mol. The van der Waals surface area contributed by atoms with Gasteiger partial charge in [0.1, 0.15) is 0 Å². The molecule has 0 amide bonds. The Kier molecular flexibility index (Phi) is 4.36. The van der Waals surface area contributed by atoms with Crippen molar-refractivity contribution in [2.24, 2.45) is 7.05 Å². The molecule has 7 nitrogen and oxygen atoms in total. The summed E-state index contributed by atoms with van der Waals surface area (Å²) in [7, 11) is 1.73. The summed E-state index contributed by atoms with van der Waals surface area (Å²) in [6.07, 6.45) is 5.39. The highest BCUT2D eigenvalue weighted by Crippen LogP contribution is 2.14. The van der Waals surface area contributed by atoms with Crippen LogP contribution in [0.2, 0.25) is 0 Å². The Bertz CT molecular complexity index is 1130. The number of aromatic nitrogens is 4. The average Bonchev–Trinajstić information content (AvgIpc) is 2.98. The molecule has 1 fully saturated rings. The molecule has 0 bridgehead atoms. The summed E-state index contributed by atoms with van der Waals surface area (Å²) in [5, 5.41) is 5.26. The summed E-state index contributed by atoms with van der Waals surface area (Å²) < 4.78 is 5.82. The largest absolute Gasteiger partial charge is 0.290 e. The van der Waals surface area contributed by atoms with Crippen molar-refractivity contribution < 1.29 is 0 Å². The maximum absolute atomic E-state index is 12.6. The summed E-state index contributed by atoms with van der Waals surface area (Å²) >= 11 is 5.68. The number of hydrogen-bond acceptors (Lipinski definition) is 5. The average molecular weight is 368 g/mol. The molecule has 3 aromatic rings. The van der Waals surface area contributed by atoms with Crippen LogP contribution in [-0.2, 0) is 13.7 Å². The highest BCUT2D eigenvalue weighted by atomic mass is 32.1. The van der Waals surface area contributed by atoms with Gasteiger partial charge in [-0.25, -0.2) is 4.68 Å². The number of fused-ring (bicyclic) bond motifs is 3. The number of para-hydroxylation sites is 1. The van der Waals surface area contributed by atoms with E-state index in [9.17, 15) is 4.79 Å². The van der Waals surface area contributed by atoms with Crippen molar-refractivity contribution in [3.63, 3.8) is 0 Å². The molecule has 8 heteroatoms. The van der Waals surface area contributed by atoms with E-state index in [4.69, 9.17) is 18.6 Å². The molecule has 2 aromatic heterocycles. The lowest BCUT2D eigenvalue weighted by molar-refractivity contribution is 0.111. The maximum Gasteiger partial charge on any atom is 0.262 e. The third-order valence-electron chi connectivity index (χ3n) is 4.92. The first-order valence-corrected chi connectivity index (χ1v) is 8.96. The lowest BCUT2D eigenvalue weighted by Gasteiger charge is -2.33. The molecule has 0 aliphatic carbocycles. The van der Waals surface area contributed by atoms with E-state index in [2.05, 4.69) is 20.8 Å². The van der Waals surface area contributed by atoms with E-state index in [1.54, 1.807) is 16.3 Å². The molecule has 4 rings (SSSR count). The number of nitrogens with zero attached hydrogens (tertiary/aromatic N) is 6. The van der Waals surface area contributed by atoms with E-state index in [0.29, 0.717) is 29.1 Å². The van der Waals surface area contributed by atoms with E-state index >= 15 is 0 Å². The number of terminal acetylenes is 1. The van der Waals surface area contributed by atoms with Crippen molar-refractivity contribution in [2.75, 3.05) is 32.7 Å². The summed E-state index contributed by atoms with van der Waals surface area (Å²) in [5.74, 6) is 3.25. The Balaban J connectivity index is 1.72. The number of aryl methyl sites for hydroxylation is 1. The maximum atomic E-state index is 12.6. The van der Waals surface area contributed by atoms with Crippen LogP contribution in [0.25, 0.3) is 16.7 Å². The fourth-order valence-corrected chi connectivity index (χ4v) is 3.72. The Hall–Kier alpha value is -2.47. The van der Waals surface area contributed by atoms with Crippen LogP contribution < -0.4 is 5.56 Å². The topological polar surface area (TPSA) is 50.7 Å². The molecular weight excluding hydrogens is 348 g/mol. The van der Waals surface area contributed by atoms with Crippen LogP contribution in [0.3, 0.4) is 0 Å². The SMILES string of the molecule is C#CCN1CCN(Cn2nc3n(C)c(=O)c4ccccc4n3c2=S)CC1. The standard InChI is InChI=1S/C18H20N6OS/c1-3-8-21-9-11-22(12-10-21)13-23-18(26)24-15-7-5-4-6-14(15)16(25)20(2)17(24)19-23/h1,4-7H,8-13H2,2H3. The first kappa shape index (κ1) is 17.0. The van der Waals surface area contributed by atoms with Gasteiger partial charge in [0.05, 0.1) is 24.1 Å². The third kappa shape index (κ3) is 2.74. The zero-order valence-corrected chi connectivity index (χ0v) is 15.4. The molecule has 1 aliphatic rings. The molecule has 1 aliphatic heterocycles. The van der Waals surface area contributed by atoms with Crippen molar-refractivity contribution in [3.05, 3.63) is 39.4 Å². The molecule has 3 heterocycles. The van der Waals surface area contributed by atoms with Crippen LogP contribution >= 0.6 is 12.2 Å². The fourth-order valence-electron chi connectivity index (χ4n) is 3.44. The van der Waals surface area contributed by atoms with Gasteiger partial charge in [-0.2, -0.15) is 0 Å². The van der Waals surface area contributed by atoms with Crippen LogP contribution in [-0.4, -0.2) is 61.3 Å². The van der Waals surface area contributed by atoms with E-state index < -0.39 is 0 Å². The smallest absolute Gasteiger partial charge is 0.262 e.